The minimum absolute atomic E-state index is 0.103. The van der Waals surface area contributed by atoms with Gasteiger partial charge in [0.05, 0.1) is 4.83 Å². The molecule has 0 aliphatic heterocycles. The zero-order chi connectivity index (χ0) is 10.9. The molecule has 0 aromatic carbocycles. The largest absolute Gasteiger partial charge is 0.349 e. The Morgan fingerprint density at radius 2 is 2.14 bits per heavy atom. The first kappa shape index (κ1) is 11.5. The Hall–Kier alpha value is -0.570. The molecule has 3 heteroatoms. The third-order valence-electron chi connectivity index (χ3n) is 2.52. The van der Waals surface area contributed by atoms with Crippen molar-refractivity contribution in [3.8, 4) is 0 Å². The number of aromatic nitrogens is 1. The number of aryl methyl sites for hydroxylation is 1. The van der Waals surface area contributed by atoms with E-state index in [0.29, 0.717) is 0 Å². The average molecular weight is 258 g/mol. The number of hydrogen-bond acceptors (Lipinski definition) is 1. The van der Waals surface area contributed by atoms with Crippen LogP contribution in [0.15, 0.2) is 6.07 Å². The predicted octanol–water partition coefficient (Wildman–Crippen LogP) is 3.09. The highest BCUT2D eigenvalue weighted by Crippen LogP contribution is 2.18. The van der Waals surface area contributed by atoms with E-state index in [9.17, 15) is 4.79 Å². The van der Waals surface area contributed by atoms with Gasteiger partial charge in [-0.2, -0.15) is 0 Å². The van der Waals surface area contributed by atoms with Gasteiger partial charge >= 0.3 is 0 Å². The number of alkyl halides is 1. The first-order valence-corrected chi connectivity index (χ1v) is 5.75. The van der Waals surface area contributed by atoms with Crippen molar-refractivity contribution in [2.45, 2.75) is 39.1 Å². The van der Waals surface area contributed by atoms with Crippen LogP contribution in [-0.2, 0) is 6.54 Å². The number of rotatable bonds is 3. The molecule has 0 amide bonds. The van der Waals surface area contributed by atoms with Crippen LogP contribution in [0.4, 0.5) is 0 Å². The van der Waals surface area contributed by atoms with Crippen molar-refractivity contribution in [1.82, 2.24) is 4.57 Å². The standard InChI is InChI=1S/C11H16BrNO/c1-5-13-7(2)6-10(9(13)4)11(14)8(3)12/h6,8H,5H2,1-4H3. The highest BCUT2D eigenvalue weighted by Gasteiger charge is 2.18. The van der Waals surface area contributed by atoms with Crippen LogP contribution in [0.1, 0.15) is 35.6 Å². The van der Waals surface area contributed by atoms with E-state index in [0.717, 1.165) is 23.5 Å². The molecule has 78 valence electrons. The van der Waals surface area contributed by atoms with Crippen LogP contribution in [0.3, 0.4) is 0 Å². The lowest BCUT2D eigenvalue weighted by molar-refractivity contribution is 0.0995. The van der Waals surface area contributed by atoms with Gasteiger partial charge in [0, 0.05) is 23.5 Å². The summed E-state index contributed by atoms with van der Waals surface area (Å²) >= 11 is 3.31. The van der Waals surface area contributed by atoms with Gasteiger partial charge in [0.25, 0.3) is 0 Å². The summed E-state index contributed by atoms with van der Waals surface area (Å²) in [4.78, 5) is 11.7. The van der Waals surface area contributed by atoms with E-state index < -0.39 is 0 Å². The number of ketones is 1. The third-order valence-corrected chi connectivity index (χ3v) is 2.93. The maximum absolute atomic E-state index is 11.8. The summed E-state index contributed by atoms with van der Waals surface area (Å²) in [5, 5.41) is 0. The molecular weight excluding hydrogens is 242 g/mol. The fourth-order valence-electron chi connectivity index (χ4n) is 1.75. The fraction of sp³-hybridized carbons (Fsp3) is 0.545. The minimum atomic E-state index is -0.103. The van der Waals surface area contributed by atoms with Crippen LogP contribution < -0.4 is 0 Å². The lowest BCUT2D eigenvalue weighted by Gasteiger charge is -2.06. The smallest absolute Gasteiger partial charge is 0.177 e. The molecule has 1 aromatic rings. The molecular formula is C11H16BrNO. The Bertz CT molecular complexity index is 352. The van der Waals surface area contributed by atoms with E-state index in [1.54, 1.807) is 0 Å². The van der Waals surface area contributed by atoms with Crippen molar-refractivity contribution in [1.29, 1.82) is 0 Å². The molecule has 0 spiro atoms. The molecule has 0 N–H and O–H groups in total. The van der Waals surface area contributed by atoms with E-state index >= 15 is 0 Å². The van der Waals surface area contributed by atoms with E-state index in [2.05, 4.69) is 27.4 Å². The zero-order valence-corrected chi connectivity index (χ0v) is 10.7. The van der Waals surface area contributed by atoms with Crippen LogP contribution in [0, 0.1) is 13.8 Å². The van der Waals surface area contributed by atoms with Crippen molar-refractivity contribution in [3.63, 3.8) is 0 Å². The molecule has 0 radical (unpaired) electrons. The number of hydrogen-bond donors (Lipinski definition) is 0. The van der Waals surface area contributed by atoms with E-state index in [-0.39, 0.29) is 10.6 Å². The van der Waals surface area contributed by atoms with E-state index in [4.69, 9.17) is 0 Å². The fourth-order valence-corrected chi connectivity index (χ4v) is 2.00. The molecule has 1 heterocycles. The topological polar surface area (TPSA) is 22.0 Å². The van der Waals surface area contributed by atoms with Gasteiger partial charge in [-0.3, -0.25) is 4.79 Å². The first-order valence-electron chi connectivity index (χ1n) is 4.84. The summed E-state index contributed by atoms with van der Waals surface area (Å²) in [6.07, 6.45) is 0. The van der Waals surface area contributed by atoms with E-state index in [1.807, 2.05) is 26.8 Å². The van der Waals surface area contributed by atoms with Crippen molar-refractivity contribution in [3.05, 3.63) is 23.0 Å². The summed E-state index contributed by atoms with van der Waals surface area (Å²) in [5.41, 5.74) is 3.07. The second kappa shape index (κ2) is 4.30. The normalized spacial score (nSPS) is 12.9. The number of halogens is 1. The van der Waals surface area contributed by atoms with Crippen molar-refractivity contribution < 1.29 is 4.79 Å². The van der Waals surface area contributed by atoms with Crippen LogP contribution in [0.25, 0.3) is 0 Å². The molecule has 14 heavy (non-hydrogen) atoms. The number of nitrogens with zero attached hydrogens (tertiary/aromatic N) is 1. The summed E-state index contributed by atoms with van der Waals surface area (Å²) in [6.45, 7) is 8.90. The highest BCUT2D eigenvalue weighted by molar-refractivity contribution is 9.10. The number of carbonyl (C=O) groups is 1. The highest BCUT2D eigenvalue weighted by atomic mass is 79.9. The van der Waals surface area contributed by atoms with Gasteiger partial charge in [-0.15, -0.1) is 0 Å². The van der Waals surface area contributed by atoms with Gasteiger partial charge in [-0.1, -0.05) is 15.9 Å². The van der Waals surface area contributed by atoms with Crippen molar-refractivity contribution >= 4 is 21.7 Å². The Balaban J connectivity index is 3.17. The molecule has 1 unspecified atom stereocenters. The second-order valence-electron chi connectivity index (χ2n) is 3.51. The van der Waals surface area contributed by atoms with Gasteiger partial charge in [0.1, 0.15) is 0 Å². The number of carbonyl (C=O) groups excluding carboxylic acids is 1. The van der Waals surface area contributed by atoms with Crippen LogP contribution >= 0.6 is 15.9 Å². The minimum Gasteiger partial charge on any atom is -0.349 e. The van der Waals surface area contributed by atoms with Crippen molar-refractivity contribution in [2.75, 3.05) is 0 Å². The van der Waals surface area contributed by atoms with Gasteiger partial charge in [-0.05, 0) is 33.8 Å². The molecule has 0 saturated heterocycles. The molecule has 1 rings (SSSR count). The van der Waals surface area contributed by atoms with Gasteiger partial charge in [-0.25, -0.2) is 0 Å². The maximum atomic E-state index is 11.8. The molecule has 0 bridgehead atoms. The Morgan fingerprint density at radius 1 is 1.57 bits per heavy atom. The lowest BCUT2D eigenvalue weighted by Crippen LogP contribution is -2.11. The Morgan fingerprint density at radius 3 is 2.50 bits per heavy atom. The maximum Gasteiger partial charge on any atom is 0.177 e. The lowest BCUT2D eigenvalue weighted by atomic mass is 10.1. The SMILES string of the molecule is CCn1c(C)cc(C(=O)C(C)Br)c1C. The summed E-state index contributed by atoms with van der Waals surface area (Å²) < 4.78 is 2.16. The summed E-state index contributed by atoms with van der Waals surface area (Å²) in [5.74, 6) is 0.165. The first-order chi connectivity index (χ1) is 6.49. The van der Waals surface area contributed by atoms with E-state index in [1.165, 1.54) is 0 Å². The monoisotopic (exact) mass is 257 g/mol. The van der Waals surface area contributed by atoms with Crippen molar-refractivity contribution in [2.24, 2.45) is 0 Å². The Labute approximate surface area is 93.4 Å². The molecule has 1 atom stereocenters. The molecule has 0 saturated carbocycles. The third kappa shape index (κ3) is 1.92. The zero-order valence-electron chi connectivity index (χ0n) is 9.10. The van der Waals surface area contributed by atoms with Crippen LogP contribution in [0.5, 0.6) is 0 Å². The Kier molecular flexibility index (Phi) is 3.53. The van der Waals surface area contributed by atoms with Gasteiger partial charge in [0.15, 0.2) is 5.78 Å². The molecule has 0 fully saturated rings. The van der Waals surface area contributed by atoms with Crippen LogP contribution in [-0.4, -0.2) is 15.2 Å². The number of Topliss-reactive ketones (excluding diaryl/α,β-unsaturated/α-hetero) is 1. The van der Waals surface area contributed by atoms with Gasteiger partial charge in [0.2, 0.25) is 0 Å². The van der Waals surface area contributed by atoms with Crippen LogP contribution in [0.2, 0.25) is 0 Å². The predicted molar refractivity (Wildman–Crippen MR) is 62.3 cm³/mol. The molecule has 0 aliphatic carbocycles. The molecule has 2 nitrogen and oxygen atoms in total. The quantitative estimate of drug-likeness (QED) is 0.603. The molecule has 1 aromatic heterocycles. The second-order valence-corrected chi connectivity index (χ2v) is 4.88. The average Bonchev–Trinajstić information content (AvgIpc) is 2.40. The molecule has 0 aliphatic rings. The summed E-state index contributed by atoms with van der Waals surface area (Å²) in [7, 11) is 0. The van der Waals surface area contributed by atoms with Gasteiger partial charge < -0.3 is 4.57 Å². The summed E-state index contributed by atoms with van der Waals surface area (Å²) in [6, 6.07) is 1.97.